The highest BCUT2D eigenvalue weighted by Gasteiger charge is 2.36. The van der Waals surface area contributed by atoms with E-state index < -0.39 is 16.5 Å². The predicted molar refractivity (Wildman–Crippen MR) is 62.2 cm³/mol. The molecule has 0 aromatic carbocycles. The lowest BCUT2D eigenvalue weighted by molar-refractivity contribution is 0.123. The summed E-state index contributed by atoms with van der Waals surface area (Å²) in [5, 5.41) is 3.03. The molecule has 96 valence electrons. The maximum Gasteiger partial charge on any atom is 0.500 e. The fourth-order valence-electron chi connectivity index (χ4n) is 1.28. The van der Waals surface area contributed by atoms with Crippen LogP contribution in [0.25, 0.3) is 0 Å². The third-order valence-corrected chi connectivity index (χ3v) is 5.66. The standard InChI is InChI=1S/C8H20NO5PSi/c1-12-16(13-2,14-3)8-4-5-9-6-7-15(10)11/h9H,4-8H2,1-3H3. The van der Waals surface area contributed by atoms with Crippen molar-refractivity contribution in [1.29, 1.82) is 0 Å². The zero-order chi connectivity index (χ0) is 12.4. The molecule has 0 bridgehead atoms. The van der Waals surface area contributed by atoms with Crippen LogP contribution in [0.2, 0.25) is 6.04 Å². The minimum absolute atomic E-state index is 0.177. The summed E-state index contributed by atoms with van der Waals surface area (Å²) in [6.07, 6.45) is 1.01. The zero-order valence-corrected chi connectivity index (χ0v) is 11.9. The van der Waals surface area contributed by atoms with Gasteiger partial charge in [0, 0.05) is 33.9 Å². The van der Waals surface area contributed by atoms with Crippen LogP contribution in [0.15, 0.2) is 0 Å². The molecule has 0 spiro atoms. The van der Waals surface area contributed by atoms with Gasteiger partial charge in [0.05, 0.1) is 6.16 Å². The molecule has 0 fully saturated rings. The first kappa shape index (κ1) is 16.0. The zero-order valence-electron chi connectivity index (χ0n) is 10.0. The van der Waals surface area contributed by atoms with E-state index in [0.717, 1.165) is 13.0 Å². The fraction of sp³-hybridized carbons (Fsp3) is 1.00. The molecule has 0 heterocycles. The first-order chi connectivity index (χ1) is 7.60. The quantitative estimate of drug-likeness (QED) is 0.362. The molecule has 0 aliphatic carbocycles. The van der Waals surface area contributed by atoms with Crippen LogP contribution in [0.5, 0.6) is 0 Å². The second-order valence-electron chi connectivity index (χ2n) is 3.21. The van der Waals surface area contributed by atoms with Crippen molar-refractivity contribution in [1.82, 2.24) is 5.32 Å². The van der Waals surface area contributed by atoms with Crippen molar-refractivity contribution in [3.63, 3.8) is 0 Å². The van der Waals surface area contributed by atoms with E-state index in [9.17, 15) is 9.13 Å². The van der Waals surface area contributed by atoms with Crippen LogP contribution in [-0.4, -0.2) is 49.4 Å². The van der Waals surface area contributed by atoms with Crippen molar-refractivity contribution in [3.05, 3.63) is 0 Å². The molecule has 0 saturated carbocycles. The maximum atomic E-state index is 10.3. The maximum absolute atomic E-state index is 10.3. The molecule has 6 nitrogen and oxygen atoms in total. The Morgan fingerprint density at radius 2 is 1.62 bits per heavy atom. The van der Waals surface area contributed by atoms with Crippen LogP contribution in [0, 0.1) is 0 Å². The topological polar surface area (TPSA) is 73.9 Å². The molecule has 0 rings (SSSR count). The minimum atomic E-state index is -2.46. The molecule has 0 unspecified atom stereocenters. The Hall–Kier alpha value is -0.0431. The van der Waals surface area contributed by atoms with Gasteiger partial charge in [0.15, 0.2) is 0 Å². The first-order valence-electron chi connectivity index (χ1n) is 5.08. The molecular formula is C8H20NO5PSi. The van der Waals surface area contributed by atoms with Crippen LogP contribution in [-0.2, 0) is 22.4 Å². The molecule has 0 aliphatic rings. The summed E-state index contributed by atoms with van der Waals surface area (Å²) in [6.45, 7) is 1.22. The van der Waals surface area contributed by atoms with Gasteiger partial charge in [-0.15, -0.1) is 0 Å². The Balaban J connectivity index is 3.63. The van der Waals surface area contributed by atoms with Crippen molar-refractivity contribution in [2.75, 3.05) is 40.6 Å². The van der Waals surface area contributed by atoms with Crippen molar-refractivity contribution in [2.24, 2.45) is 0 Å². The fourth-order valence-corrected chi connectivity index (χ4v) is 3.34. The van der Waals surface area contributed by atoms with Gasteiger partial charge in [-0.1, -0.05) is 0 Å². The number of hydrogen-bond acceptors (Lipinski definition) is 6. The summed E-state index contributed by atoms with van der Waals surface area (Å²) in [5.41, 5.74) is 0. The normalized spacial score (nSPS) is 11.7. The van der Waals surface area contributed by atoms with Crippen molar-refractivity contribution >= 4 is 16.5 Å². The molecule has 16 heavy (non-hydrogen) atoms. The van der Waals surface area contributed by atoms with Gasteiger partial charge < -0.3 is 18.6 Å². The molecule has 0 amide bonds. The van der Waals surface area contributed by atoms with Gasteiger partial charge in [-0.3, -0.25) is 0 Å². The lowest BCUT2D eigenvalue weighted by Gasteiger charge is -2.24. The Kier molecular flexibility index (Phi) is 9.01. The van der Waals surface area contributed by atoms with Crippen LogP contribution in [0.4, 0.5) is 0 Å². The van der Waals surface area contributed by atoms with E-state index in [2.05, 4.69) is 5.32 Å². The largest absolute Gasteiger partial charge is 0.500 e. The summed E-state index contributed by atoms with van der Waals surface area (Å²) in [5.74, 6) is 0. The van der Waals surface area contributed by atoms with E-state index in [-0.39, 0.29) is 6.16 Å². The molecular weight excluding hydrogens is 249 g/mol. The van der Waals surface area contributed by atoms with E-state index in [4.69, 9.17) is 13.3 Å². The highest BCUT2D eigenvalue weighted by molar-refractivity contribution is 7.30. The highest BCUT2D eigenvalue weighted by Crippen LogP contribution is 2.14. The van der Waals surface area contributed by atoms with Gasteiger partial charge in [-0.05, 0) is 13.0 Å². The predicted octanol–water partition coefficient (Wildman–Crippen LogP) is 1.02. The molecule has 0 aromatic heterocycles. The smallest absolute Gasteiger partial charge is 0.377 e. The summed E-state index contributed by atoms with van der Waals surface area (Å²) in [4.78, 5) is 0. The third-order valence-electron chi connectivity index (χ3n) is 2.24. The Morgan fingerprint density at radius 1 is 1.06 bits per heavy atom. The molecule has 1 N–H and O–H groups in total. The number of rotatable bonds is 10. The van der Waals surface area contributed by atoms with Gasteiger partial charge in [0.1, 0.15) is 0 Å². The second kappa shape index (κ2) is 9.04. The minimum Gasteiger partial charge on any atom is -0.377 e. The summed E-state index contributed by atoms with van der Waals surface area (Å²) in [6, 6.07) is 0.715. The van der Waals surface area contributed by atoms with E-state index in [1.54, 1.807) is 21.3 Å². The summed E-state index contributed by atoms with van der Waals surface area (Å²) >= 11 is 0. The number of nitrogens with one attached hydrogen (secondary N) is 1. The molecule has 8 heteroatoms. The van der Waals surface area contributed by atoms with Crippen molar-refractivity contribution in [3.8, 4) is 0 Å². The van der Waals surface area contributed by atoms with Crippen LogP contribution in [0.3, 0.4) is 0 Å². The van der Waals surface area contributed by atoms with Crippen LogP contribution in [0.1, 0.15) is 6.42 Å². The van der Waals surface area contributed by atoms with Gasteiger partial charge in [0.25, 0.3) is 0 Å². The Morgan fingerprint density at radius 3 is 2.06 bits per heavy atom. The van der Waals surface area contributed by atoms with Crippen LogP contribution >= 0.6 is 7.68 Å². The molecule has 0 aromatic rings. The summed E-state index contributed by atoms with van der Waals surface area (Å²) < 4.78 is 36.3. The Bertz CT molecular complexity index is 228. The summed E-state index contributed by atoms with van der Waals surface area (Å²) in [7, 11) is -0.00559. The SMILES string of the molecule is CO[Si](CCCNCCP(=O)=O)(OC)OC. The second-order valence-corrected chi connectivity index (χ2v) is 7.41. The van der Waals surface area contributed by atoms with Gasteiger partial charge in [0.2, 0.25) is 0 Å². The molecule has 0 saturated heterocycles. The molecule has 0 radical (unpaired) electrons. The third kappa shape index (κ3) is 6.52. The molecule has 0 atom stereocenters. The van der Waals surface area contributed by atoms with E-state index in [1.807, 2.05) is 0 Å². The molecule has 0 aliphatic heterocycles. The van der Waals surface area contributed by atoms with Crippen LogP contribution < -0.4 is 5.32 Å². The average Bonchev–Trinajstić information content (AvgIpc) is 2.29. The van der Waals surface area contributed by atoms with E-state index >= 15 is 0 Å². The van der Waals surface area contributed by atoms with Crippen molar-refractivity contribution < 1.29 is 22.4 Å². The van der Waals surface area contributed by atoms with E-state index in [0.29, 0.717) is 12.6 Å². The number of hydrogen-bond donors (Lipinski definition) is 1. The van der Waals surface area contributed by atoms with Crippen molar-refractivity contribution in [2.45, 2.75) is 12.5 Å². The monoisotopic (exact) mass is 269 g/mol. The van der Waals surface area contributed by atoms with Gasteiger partial charge in [-0.2, -0.15) is 0 Å². The Labute approximate surface area is 97.8 Å². The highest BCUT2D eigenvalue weighted by atomic mass is 31.1. The van der Waals surface area contributed by atoms with E-state index in [1.165, 1.54) is 0 Å². The average molecular weight is 269 g/mol. The van der Waals surface area contributed by atoms with Gasteiger partial charge >= 0.3 is 16.5 Å². The lowest BCUT2D eigenvalue weighted by atomic mass is 10.5. The lowest BCUT2D eigenvalue weighted by Crippen LogP contribution is -2.43. The van der Waals surface area contributed by atoms with Gasteiger partial charge in [-0.25, -0.2) is 9.13 Å². The first-order valence-corrected chi connectivity index (χ1v) is 8.37.